The number of hydrogen-bond donors (Lipinski definition) is 0. The highest BCUT2D eigenvalue weighted by atomic mass is 16.5. The van der Waals surface area contributed by atoms with E-state index in [1.165, 1.54) is 0 Å². The third kappa shape index (κ3) is 5.05. The van der Waals surface area contributed by atoms with Crippen molar-refractivity contribution in [2.24, 2.45) is 0 Å². The zero-order valence-electron chi connectivity index (χ0n) is 14.7. The molecule has 0 spiro atoms. The summed E-state index contributed by atoms with van der Waals surface area (Å²) in [4.78, 5) is 24.1. The van der Waals surface area contributed by atoms with Crippen LogP contribution in [0.15, 0.2) is 84.9 Å². The van der Waals surface area contributed by atoms with Crippen LogP contribution in [-0.4, -0.2) is 11.8 Å². The highest BCUT2D eigenvalue weighted by molar-refractivity contribution is 6.02. The van der Waals surface area contributed by atoms with Crippen LogP contribution in [0.4, 0.5) is 0 Å². The second-order valence-corrected chi connectivity index (χ2v) is 6.21. The van der Waals surface area contributed by atoms with Gasteiger partial charge in [0.1, 0.15) is 12.4 Å². The van der Waals surface area contributed by atoms with Crippen LogP contribution in [0.3, 0.4) is 0 Å². The molecule has 0 radical (unpaired) electrons. The van der Waals surface area contributed by atoms with E-state index in [9.17, 15) is 14.7 Å². The van der Waals surface area contributed by atoms with Gasteiger partial charge < -0.3 is 14.6 Å². The largest absolute Gasteiger partial charge is 0.550 e. The number of benzene rings is 3. The lowest BCUT2D eigenvalue weighted by Gasteiger charge is -2.17. The van der Waals surface area contributed by atoms with Crippen molar-refractivity contribution in [3.05, 3.63) is 102 Å². The van der Waals surface area contributed by atoms with Crippen molar-refractivity contribution in [1.82, 2.24) is 0 Å². The van der Waals surface area contributed by atoms with E-state index in [1.807, 2.05) is 36.4 Å². The zero-order valence-corrected chi connectivity index (χ0v) is 14.7. The molecule has 4 nitrogen and oxygen atoms in total. The van der Waals surface area contributed by atoms with Crippen LogP contribution in [0.2, 0.25) is 0 Å². The lowest BCUT2D eigenvalue weighted by atomic mass is 9.88. The third-order valence-corrected chi connectivity index (χ3v) is 4.26. The Kier molecular flexibility index (Phi) is 6.00. The molecule has 0 aliphatic carbocycles. The number of ketones is 1. The summed E-state index contributed by atoms with van der Waals surface area (Å²) in [5.41, 5.74) is 2.09. The van der Waals surface area contributed by atoms with Crippen LogP contribution in [0.5, 0.6) is 5.75 Å². The standard InChI is InChI=1S/C23H20O4/c24-22(25)15-21(18-10-5-2-6-11-18)23(26)19-12-7-13-20(14-19)27-16-17-8-3-1-4-9-17/h1-14,21H,15-16H2,(H,24,25)/p-1. The molecule has 3 aromatic carbocycles. The molecular formula is C23H19O4-. The van der Waals surface area contributed by atoms with E-state index in [-0.39, 0.29) is 12.2 Å². The first kappa shape index (κ1) is 18.4. The van der Waals surface area contributed by atoms with Crippen LogP contribution < -0.4 is 9.84 Å². The van der Waals surface area contributed by atoms with Crippen LogP contribution >= 0.6 is 0 Å². The number of Topliss-reactive ketones (excluding diaryl/α,β-unsaturated/α-hetero) is 1. The Labute approximate surface area is 158 Å². The van der Waals surface area contributed by atoms with Crippen molar-refractivity contribution in [1.29, 1.82) is 0 Å². The number of hydrogen-bond acceptors (Lipinski definition) is 4. The molecule has 0 amide bonds. The van der Waals surface area contributed by atoms with Crippen LogP contribution in [0, 0.1) is 0 Å². The fourth-order valence-electron chi connectivity index (χ4n) is 2.90. The van der Waals surface area contributed by atoms with Crippen LogP contribution in [0.1, 0.15) is 33.8 Å². The Morgan fingerprint density at radius 3 is 2.19 bits per heavy atom. The molecule has 0 aliphatic heterocycles. The summed E-state index contributed by atoms with van der Waals surface area (Å²) in [6.45, 7) is 0.389. The lowest BCUT2D eigenvalue weighted by Crippen LogP contribution is -2.27. The van der Waals surface area contributed by atoms with Crippen molar-refractivity contribution in [3.8, 4) is 5.75 Å². The first-order valence-corrected chi connectivity index (χ1v) is 8.69. The maximum Gasteiger partial charge on any atom is 0.170 e. The number of carbonyl (C=O) groups excluding carboxylic acids is 2. The first-order chi connectivity index (χ1) is 13.1. The van der Waals surface area contributed by atoms with E-state index < -0.39 is 11.9 Å². The van der Waals surface area contributed by atoms with Gasteiger partial charge in [0.2, 0.25) is 0 Å². The summed E-state index contributed by atoms with van der Waals surface area (Å²) < 4.78 is 5.77. The topological polar surface area (TPSA) is 66.4 Å². The quantitative estimate of drug-likeness (QED) is 0.578. The number of carbonyl (C=O) groups is 2. The minimum absolute atomic E-state index is 0.268. The second-order valence-electron chi connectivity index (χ2n) is 6.21. The van der Waals surface area contributed by atoms with Gasteiger partial charge in [0.15, 0.2) is 5.78 Å². The van der Waals surface area contributed by atoms with Crippen molar-refractivity contribution >= 4 is 11.8 Å². The third-order valence-electron chi connectivity index (χ3n) is 4.26. The molecule has 3 rings (SSSR count). The zero-order chi connectivity index (χ0) is 19.1. The van der Waals surface area contributed by atoms with Crippen LogP contribution in [0.25, 0.3) is 0 Å². The number of aliphatic carboxylic acids is 1. The van der Waals surface area contributed by atoms with Gasteiger partial charge in [-0.25, -0.2) is 0 Å². The molecule has 0 fully saturated rings. The van der Waals surface area contributed by atoms with Crippen LogP contribution in [-0.2, 0) is 11.4 Å². The molecule has 0 N–H and O–H groups in total. The smallest absolute Gasteiger partial charge is 0.170 e. The van der Waals surface area contributed by atoms with Crippen molar-refractivity contribution in [3.63, 3.8) is 0 Å². The fourth-order valence-corrected chi connectivity index (χ4v) is 2.90. The Balaban J connectivity index is 1.79. The Morgan fingerprint density at radius 2 is 1.52 bits per heavy atom. The van der Waals surface area contributed by atoms with E-state index in [1.54, 1.807) is 48.5 Å². The minimum atomic E-state index is -1.26. The number of carboxylic acids is 1. The van der Waals surface area contributed by atoms with Gasteiger partial charge in [0, 0.05) is 18.0 Å². The van der Waals surface area contributed by atoms with E-state index >= 15 is 0 Å². The molecule has 4 heteroatoms. The molecule has 3 aromatic rings. The minimum Gasteiger partial charge on any atom is -0.550 e. The predicted octanol–water partition coefficient (Wildman–Crippen LogP) is 3.37. The molecule has 0 aromatic heterocycles. The highest BCUT2D eigenvalue weighted by Gasteiger charge is 2.22. The molecular weight excluding hydrogens is 340 g/mol. The molecule has 0 aliphatic rings. The van der Waals surface area contributed by atoms with Crippen molar-refractivity contribution in [2.75, 3.05) is 0 Å². The monoisotopic (exact) mass is 359 g/mol. The van der Waals surface area contributed by atoms with Gasteiger partial charge in [0.25, 0.3) is 0 Å². The summed E-state index contributed by atoms with van der Waals surface area (Å²) in [5, 5.41) is 11.2. The average Bonchev–Trinajstić information content (AvgIpc) is 2.71. The summed E-state index contributed by atoms with van der Waals surface area (Å²) in [6.07, 6.45) is -0.363. The predicted molar refractivity (Wildman–Crippen MR) is 100 cm³/mol. The van der Waals surface area contributed by atoms with Gasteiger partial charge in [0.05, 0.1) is 5.92 Å². The summed E-state index contributed by atoms with van der Waals surface area (Å²) in [7, 11) is 0. The number of carboxylic acid groups (broad SMARTS) is 1. The summed E-state index contributed by atoms with van der Waals surface area (Å²) in [5.74, 6) is -1.75. The fraction of sp³-hybridized carbons (Fsp3) is 0.130. The molecule has 27 heavy (non-hydrogen) atoms. The summed E-state index contributed by atoms with van der Waals surface area (Å²) >= 11 is 0. The second kappa shape index (κ2) is 8.81. The number of ether oxygens (including phenoxy) is 1. The normalized spacial score (nSPS) is 11.6. The van der Waals surface area contributed by atoms with Crippen molar-refractivity contribution in [2.45, 2.75) is 18.9 Å². The molecule has 1 unspecified atom stereocenters. The molecule has 0 saturated heterocycles. The van der Waals surface area contributed by atoms with E-state index in [2.05, 4.69) is 0 Å². The van der Waals surface area contributed by atoms with E-state index in [0.29, 0.717) is 23.5 Å². The van der Waals surface area contributed by atoms with Gasteiger partial charge in [-0.15, -0.1) is 0 Å². The first-order valence-electron chi connectivity index (χ1n) is 8.69. The van der Waals surface area contributed by atoms with Gasteiger partial charge in [-0.1, -0.05) is 72.8 Å². The Bertz CT molecular complexity index is 904. The van der Waals surface area contributed by atoms with Gasteiger partial charge in [-0.2, -0.15) is 0 Å². The maximum atomic E-state index is 13.0. The molecule has 136 valence electrons. The molecule has 0 saturated carbocycles. The average molecular weight is 359 g/mol. The Hall–Kier alpha value is -3.40. The lowest BCUT2D eigenvalue weighted by molar-refractivity contribution is -0.305. The SMILES string of the molecule is O=C([O-])CC(C(=O)c1cccc(OCc2ccccc2)c1)c1ccccc1. The van der Waals surface area contributed by atoms with Gasteiger partial charge >= 0.3 is 0 Å². The Morgan fingerprint density at radius 1 is 0.852 bits per heavy atom. The maximum absolute atomic E-state index is 13.0. The molecule has 0 bridgehead atoms. The van der Waals surface area contributed by atoms with E-state index in [4.69, 9.17) is 4.74 Å². The van der Waals surface area contributed by atoms with Gasteiger partial charge in [-0.05, 0) is 23.3 Å². The van der Waals surface area contributed by atoms with E-state index in [0.717, 1.165) is 5.56 Å². The van der Waals surface area contributed by atoms with Gasteiger partial charge in [-0.3, -0.25) is 4.79 Å². The number of rotatable bonds is 8. The summed E-state index contributed by atoms with van der Waals surface area (Å²) in [6, 6.07) is 25.4. The highest BCUT2D eigenvalue weighted by Crippen LogP contribution is 2.26. The molecule has 0 heterocycles. The van der Waals surface area contributed by atoms with Crippen molar-refractivity contribution < 1.29 is 19.4 Å². The molecule has 1 atom stereocenters.